The lowest BCUT2D eigenvalue weighted by Gasteiger charge is -2.25. The van der Waals surface area contributed by atoms with Gasteiger partial charge in [-0.2, -0.15) is 0 Å². The summed E-state index contributed by atoms with van der Waals surface area (Å²) in [6, 6.07) is 11.8. The van der Waals surface area contributed by atoms with Crippen LogP contribution in [0.5, 0.6) is 0 Å². The highest BCUT2D eigenvalue weighted by atomic mass is 32.2. The van der Waals surface area contributed by atoms with Gasteiger partial charge >= 0.3 is 0 Å². The molecule has 0 aliphatic heterocycles. The van der Waals surface area contributed by atoms with Crippen molar-refractivity contribution in [1.29, 1.82) is 0 Å². The zero-order chi connectivity index (χ0) is 14.3. The first-order chi connectivity index (χ1) is 10.4. The fourth-order valence-corrected chi connectivity index (χ4v) is 4.57. The molecule has 0 radical (unpaired) electrons. The summed E-state index contributed by atoms with van der Waals surface area (Å²) >= 11 is 2.04. The zero-order valence-corrected chi connectivity index (χ0v) is 13.9. The van der Waals surface area contributed by atoms with Crippen molar-refractivity contribution < 1.29 is 0 Å². The van der Waals surface area contributed by atoms with Crippen LogP contribution in [0.1, 0.15) is 51.4 Å². The van der Waals surface area contributed by atoms with Gasteiger partial charge in [0.05, 0.1) is 0 Å². The standard InChI is InChI=1S/C19H29NS/c1-3-7-16(13-14-21-19-9-5-2-6-10-19)17(8-4-1)15-20-18-11-12-18/h2,5-6,9-10,16-18,20H,1,3-4,7-8,11-15H2. The maximum atomic E-state index is 3.79. The van der Waals surface area contributed by atoms with Crippen LogP contribution in [0.15, 0.2) is 35.2 Å². The van der Waals surface area contributed by atoms with Gasteiger partial charge in [-0.15, -0.1) is 11.8 Å². The van der Waals surface area contributed by atoms with E-state index in [1.807, 2.05) is 11.8 Å². The summed E-state index contributed by atoms with van der Waals surface area (Å²) in [6.07, 6.45) is 11.5. The third-order valence-corrected chi connectivity index (χ3v) is 6.11. The van der Waals surface area contributed by atoms with Crippen molar-refractivity contribution in [3.63, 3.8) is 0 Å². The Balaban J connectivity index is 1.45. The quantitative estimate of drug-likeness (QED) is 0.554. The van der Waals surface area contributed by atoms with Crippen molar-refractivity contribution in [2.45, 2.75) is 62.3 Å². The molecule has 21 heavy (non-hydrogen) atoms. The maximum absolute atomic E-state index is 3.79. The molecule has 0 aromatic heterocycles. The highest BCUT2D eigenvalue weighted by Crippen LogP contribution is 2.33. The maximum Gasteiger partial charge on any atom is 0.00719 e. The molecule has 2 atom stereocenters. The summed E-state index contributed by atoms with van der Waals surface area (Å²) in [6.45, 7) is 1.28. The Morgan fingerprint density at radius 1 is 0.905 bits per heavy atom. The predicted molar refractivity (Wildman–Crippen MR) is 92.9 cm³/mol. The molecule has 1 N–H and O–H groups in total. The van der Waals surface area contributed by atoms with Crippen molar-refractivity contribution in [2.75, 3.05) is 12.3 Å². The summed E-state index contributed by atoms with van der Waals surface area (Å²) in [7, 11) is 0. The van der Waals surface area contributed by atoms with E-state index >= 15 is 0 Å². The molecule has 2 aliphatic carbocycles. The summed E-state index contributed by atoms with van der Waals surface area (Å²) in [5.74, 6) is 3.17. The van der Waals surface area contributed by atoms with Gasteiger partial charge in [-0.3, -0.25) is 0 Å². The van der Waals surface area contributed by atoms with Gasteiger partial charge in [0.2, 0.25) is 0 Å². The Hall–Kier alpha value is -0.470. The number of hydrogen-bond donors (Lipinski definition) is 1. The molecule has 0 heterocycles. The Morgan fingerprint density at radius 2 is 1.67 bits per heavy atom. The Bertz CT molecular complexity index is 401. The summed E-state index contributed by atoms with van der Waals surface area (Å²) in [5.41, 5.74) is 0. The van der Waals surface area contributed by atoms with E-state index in [9.17, 15) is 0 Å². The van der Waals surface area contributed by atoms with Gasteiger partial charge in [0.1, 0.15) is 0 Å². The molecule has 2 unspecified atom stereocenters. The van der Waals surface area contributed by atoms with E-state index in [0.29, 0.717) is 0 Å². The third-order valence-electron chi connectivity index (χ3n) is 5.06. The molecule has 3 rings (SSSR count). The van der Waals surface area contributed by atoms with Crippen LogP contribution in [0.4, 0.5) is 0 Å². The largest absolute Gasteiger partial charge is 0.314 e. The van der Waals surface area contributed by atoms with Crippen LogP contribution in [0.3, 0.4) is 0 Å². The summed E-state index contributed by atoms with van der Waals surface area (Å²) in [4.78, 5) is 1.43. The Labute approximate surface area is 134 Å². The van der Waals surface area contributed by atoms with Crippen molar-refractivity contribution in [3.05, 3.63) is 30.3 Å². The second-order valence-electron chi connectivity index (χ2n) is 6.79. The molecule has 116 valence electrons. The van der Waals surface area contributed by atoms with Crippen molar-refractivity contribution in [3.8, 4) is 0 Å². The van der Waals surface area contributed by atoms with Crippen molar-refractivity contribution in [1.82, 2.24) is 5.32 Å². The van der Waals surface area contributed by atoms with Crippen LogP contribution in [0.2, 0.25) is 0 Å². The van der Waals surface area contributed by atoms with Gasteiger partial charge < -0.3 is 5.32 Å². The predicted octanol–water partition coefficient (Wildman–Crippen LogP) is 5.12. The second-order valence-corrected chi connectivity index (χ2v) is 7.96. The van der Waals surface area contributed by atoms with Crippen LogP contribution in [-0.2, 0) is 0 Å². The van der Waals surface area contributed by atoms with Crippen LogP contribution in [0, 0.1) is 11.8 Å². The summed E-state index contributed by atoms with van der Waals surface area (Å²) < 4.78 is 0. The van der Waals surface area contributed by atoms with Crippen molar-refractivity contribution >= 4 is 11.8 Å². The number of thioether (sulfide) groups is 1. The lowest BCUT2D eigenvalue weighted by atomic mass is 9.86. The molecule has 0 saturated heterocycles. The van der Waals surface area contributed by atoms with Gasteiger partial charge in [0.15, 0.2) is 0 Å². The van der Waals surface area contributed by atoms with Crippen LogP contribution in [-0.4, -0.2) is 18.3 Å². The first-order valence-corrected chi connectivity index (χ1v) is 9.81. The minimum Gasteiger partial charge on any atom is -0.314 e. The number of hydrogen-bond acceptors (Lipinski definition) is 2. The van der Waals surface area contributed by atoms with E-state index < -0.39 is 0 Å². The minimum absolute atomic E-state index is 0.868. The number of rotatable bonds is 7. The van der Waals surface area contributed by atoms with E-state index in [0.717, 1.165) is 17.9 Å². The molecular weight excluding hydrogens is 274 g/mol. The molecule has 2 fully saturated rings. The average molecular weight is 304 g/mol. The lowest BCUT2D eigenvalue weighted by Crippen LogP contribution is -2.29. The van der Waals surface area contributed by atoms with Gasteiger partial charge in [-0.25, -0.2) is 0 Å². The first-order valence-electron chi connectivity index (χ1n) is 8.83. The third kappa shape index (κ3) is 5.34. The zero-order valence-electron chi connectivity index (χ0n) is 13.1. The van der Waals surface area contributed by atoms with Crippen molar-refractivity contribution in [2.24, 2.45) is 11.8 Å². The highest BCUT2D eigenvalue weighted by Gasteiger charge is 2.26. The topological polar surface area (TPSA) is 12.0 Å². The van der Waals surface area contributed by atoms with Crippen LogP contribution in [0.25, 0.3) is 0 Å². The number of benzene rings is 1. The van der Waals surface area contributed by atoms with Gasteiger partial charge in [0, 0.05) is 10.9 Å². The van der Waals surface area contributed by atoms with E-state index in [2.05, 4.69) is 35.6 Å². The SMILES string of the molecule is c1ccc(SCCC2CCCCCC2CNC2CC2)cc1. The molecule has 0 bridgehead atoms. The van der Waals surface area contributed by atoms with Crippen LogP contribution < -0.4 is 5.32 Å². The van der Waals surface area contributed by atoms with Crippen LogP contribution >= 0.6 is 11.8 Å². The minimum atomic E-state index is 0.868. The number of nitrogens with one attached hydrogen (secondary N) is 1. The fraction of sp³-hybridized carbons (Fsp3) is 0.684. The highest BCUT2D eigenvalue weighted by molar-refractivity contribution is 7.99. The average Bonchev–Trinajstić information content (AvgIpc) is 3.34. The molecule has 2 saturated carbocycles. The molecule has 1 nitrogen and oxygen atoms in total. The summed E-state index contributed by atoms with van der Waals surface area (Å²) in [5, 5.41) is 3.79. The molecule has 2 heteroatoms. The normalized spacial score (nSPS) is 26.5. The Kier molecular flexibility index (Phi) is 6.05. The van der Waals surface area contributed by atoms with Gasteiger partial charge in [-0.05, 0) is 61.9 Å². The molecule has 0 spiro atoms. The first kappa shape index (κ1) is 15.4. The Morgan fingerprint density at radius 3 is 2.43 bits per heavy atom. The van der Waals surface area contributed by atoms with Gasteiger partial charge in [-0.1, -0.05) is 43.9 Å². The monoisotopic (exact) mass is 303 g/mol. The second kappa shape index (κ2) is 8.24. The van der Waals surface area contributed by atoms with E-state index in [1.54, 1.807) is 0 Å². The molecule has 1 aromatic rings. The van der Waals surface area contributed by atoms with E-state index in [1.165, 1.54) is 68.6 Å². The molecule has 0 amide bonds. The molecule has 2 aliphatic rings. The smallest absolute Gasteiger partial charge is 0.00719 e. The lowest BCUT2D eigenvalue weighted by molar-refractivity contribution is 0.293. The molecule has 1 aromatic carbocycles. The molecular formula is C19H29NS. The van der Waals surface area contributed by atoms with Gasteiger partial charge in [0.25, 0.3) is 0 Å². The van der Waals surface area contributed by atoms with E-state index in [-0.39, 0.29) is 0 Å². The fourth-order valence-electron chi connectivity index (χ4n) is 3.56. The van der Waals surface area contributed by atoms with E-state index in [4.69, 9.17) is 0 Å².